The number of fused-ring (bicyclic) bond motifs is 1. The minimum atomic E-state index is -0.518. The molecule has 0 radical (unpaired) electrons. The predicted molar refractivity (Wildman–Crippen MR) is 136 cm³/mol. The van der Waals surface area contributed by atoms with Gasteiger partial charge in [0.1, 0.15) is 23.7 Å². The van der Waals surface area contributed by atoms with Crippen LogP contribution in [0.1, 0.15) is 81.9 Å². The Morgan fingerprint density at radius 2 is 1.86 bits per heavy atom. The molecule has 1 aliphatic heterocycles. The fourth-order valence-corrected chi connectivity index (χ4v) is 5.10. The molecule has 10 heteroatoms. The van der Waals surface area contributed by atoms with Crippen LogP contribution in [-0.4, -0.2) is 44.2 Å². The molecule has 0 aliphatic carbocycles. The standard InChI is InChI=1S/C26H32N2O7S/c1-13(2)23-20(25(31)34-7)28-26(36-23)27-18(29)11-9-14(3)8-10-16-21(32-5)15(4)17-12-35-24(30)19(17)22(16)33-6/h8,13H,9-12H2,1-7H3,(H,27,28,29). The molecule has 0 fully saturated rings. The van der Waals surface area contributed by atoms with Gasteiger partial charge in [0.15, 0.2) is 10.8 Å². The molecule has 1 aliphatic rings. The van der Waals surface area contributed by atoms with Gasteiger partial charge in [0.25, 0.3) is 0 Å². The number of nitrogens with one attached hydrogen (secondary N) is 1. The summed E-state index contributed by atoms with van der Waals surface area (Å²) in [6.45, 7) is 7.95. The number of cyclic esters (lactones) is 1. The highest BCUT2D eigenvalue weighted by Gasteiger charge is 2.32. The van der Waals surface area contributed by atoms with Gasteiger partial charge in [-0.1, -0.05) is 25.5 Å². The van der Waals surface area contributed by atoms with Gasteiger partial charge in [-0.3, -0.25) is 4.79 Å². The van der Waals surface area contributed by atoms with Crippen molar-refractivity contribution in [3.8, 4) is 11.5 Å². The average Bonchev–Trinajstić information content (AvgIpc) is 3.45. The zero-order valence-corrected chi connectivity index (χ0v) is 22.5. The maximum absolute atomic E-state index is 12.6. The summed E-state index contributed by atoms with van der Waals surface area (Å²) >= 11 is 1.28. The second-order valence-electron chi connectivity index (χ2n) is 8.78. The lowest BCUT2D eigenvalue weighted by atomic mass is 9.94. The molecule has 9 nitrogen and oxygen atoms in total. The molecule has 1 amide bonds. The maximum atomic E-state index is 12.6. The van der Waals surface area contributed by atoms with E-state index in [4.69, 9.17) is 18.9 Å². The van der Waals surface area contributed by atoms with Crippen molar-refractivity contribution in [3.05, 3.63) is 44.5 Å². The topological polar surface area (TPSA) is 113 Å². The van der Waals surface area contributed by atoms with Crippen LogP contribution in [0.2, 0.25) is 0 Å². The van der Waals surface area contributed by atoms with E-state index < -0.39 is 11.9 Å². The number of methoxy groups -OCH3 is 3. The van der Waals surface area contributed by atoms with E-state index in [0.717, 1.165) is 27.1 Å². The second-order valence-corrected chi connectivity index (χ2v) is 9.81. The third-order valence-corrected chi connectivity index (χ3v) is 7.31. The molecule has 36 heavy (non-hydrogen) atoms. The minimum absolute atomic E-state index is 0.0751. The number of carbonyl (C=O) groups excluding carboxylic acids is 3. The van der Waals surface area contributed by atoms with E-state index >= 15 is 0 Å². The largest absolute Gasteiger partial charge is 0.496 e. The molecule has 0 saturated carbocycles. The van der Waals surface area contributed by atoms with Crippen LogP contribution < -0.4 is 14.8 Å². The number of anilines is 1. The number of esters is 2. The Labute approximate surface area is 214 Å². The first kappa shape index (κ1) is 27.2. The molecule has 194 valence electrons. The van der Waals surface area contributed by atoms with Crippen molar-refractivity contribution in [3.63, 3.8) is 0 Å². The van der Waals surface area contributed by atoms with Gasteiger partial charge in [-0.15, -0.1) is 11.3 Å². The number of hydrogen-bond acceptors (Lipinski definition) is 9. The number of allylic oxidation sites excluding steroid dienone is 2. The van der Waals surface area contributed by atoms with E-state index in [0.29, 0.717) is 35.0 Å². The summed E-state index contributed by atoms with van der Waals surface area (Å²) in [6.07, 6.45) is 3.23. The summed E-state index contributed by atoms with van der Waals surface area (Å²) in [5.41, 5.74) is 4.08. The van der Waals surface area contributed by atoms with E-state index in [2.05, 4.69) is 10.3 Å². The summed E-state index contributed by atoms with van der Waals surface area (Å²) in [5.74, 6) is 0.0832. The molecule has 1 N–H and O–H groups in total. The first-order valence-corrected chi connectivity index (χ1v) is 12.4. The smallest absolute Gasteiger partial charge is 0.357 e. The van der Waals surface area contributed by atoms with E-state index in [1.807, 2.05) is 33.8 Å². The number of amides is 1. The molecular formula is C26H32N2O7S. The zero-order valence-electron chi connectivity index (χ0n) is 21.7. The Bertz CT molecular complexity index is 1210. The van der Waals surface area contributed by atoms with Gasteiger partial charge < -0.3 is 24.3 Å². The van der Waals surface area contributed by atoms with Gasteiger partial charge in [0, 0.05) is 22.4 Å². The third-order valence-electron chi connectivity index (χ3n) is 6.03. The van der Waals surface area contributed by atoms with Crippen molar-refractivity contribution in [1.82, 2.24) is 4.98 Å². The average molecular weight is 517 g/mol. The Hall–Kier alpha value is -3.40. The highest BCUT2D eigenvalue weighted by atomic mass is 32.1. The lowest BCUT2D eigenvalue weighted by Crippen LogP contribution is -2.12. The Morgan fingerprint density at radius 1 is 1.17 bits per heavy atom. The number of ether oxygens (including phenoxy) is 4. The second kappa shape index (κ2) is 11.6. The van der Waals surface area contributed by atoms with Crippen molar-refractivity contribution < 1.29 is 33.3 Å². The van der Waals surface area contributed by atoms with Crippen LogP contribution in [0.4, 0.5) is 5.13 Å². The lowest BCUT2D eigenvalue weighted by molar-refractivity contribution is -0.116. The first-order valence-electron chi connectivity index (χ1n) is 11.6. The summed E-state index contributed by atoms with van der Waals surface area (Å²) in [7, 11) is 4.42. The monoisotopic (exact) mass is 516 g/mol. The van der Waals surface area contributed by atoms with Gasteiger partial charge in [-0.2, -0.15) is 0 Å². The minimum Gasteiger partial charge on any atom is -0.496 e. The molecule has 0 saturated heterocycles. The molecule has 2 heterocycles. The van der Waals surface area contributed by atoms with E-state index in [-0.39, 0.29) is 30.5 Å². The van der Waals surface area contributed by atoms with Gasteiger partial charge in [-0.25, -0.2) is 14.6 Å². The fraction of sp³-hybridized carbons (Fsp3) is 0.462. The summed E-state index contributed by atoms with van der Waals surface area (Å²) in [5, 5.41) is 3.16. The highest BCUT2D eigenvalue weighted by Crippen LogP contribution is 2.42. The first-order chi connectivity index (χ1) is 17.1. The lowest BCUT2D eigenvalue weighted by Gasteiger charge is -2.18. The fourth-order valence-electron chi connectivity index (χ4n) is 4.13. The molecule has 2 aromatic rings. The molecule has 3 rings (SSSR count). The van der Waals surface area contributed by atoms with Crippen LogP contribution in [0, 0.1) is 6.92 Å². The van der Waals surface area contributed by atoms with Crippen molar-refractivity contribution in [2.24, 2.45) is 0 Å². The number of hydrogen-bond donors (Lipinski definition) is 1. The van der Waals surface area contributed by atoms with Crippen LogP contribution in [0.15, 0.2) is 11.6 Å². The highest BCUT2D eigenvalue weighted by molar-refractivity contribution is 7.16. The third kappa shape index (κ3) is 5.53. The van der Waals surface area contributed by atoms with Crippen molar-refractivity contribution >= 4 is 34.3 Å². The molecule has 0 atom stereocenters. The van der Waals surface area contributed by atoms with Crippen molar-refractivity contribution in [2.75, 3.05) is 26.6 Å². The van der Waals surface area contributed by atoms with Crippen LogP contribution >= 0.6 is 11.3 Å². The molecule has 0 bridgehead atoms. The van der Waals surface area contributed by atoms with Crippen LogP contribution in [0.3, 0.4) is 0 Å². The van der Waals surface area contributed by atoms with E-state index in [9.17, 15) is 14.4 Å². The van der Waals surface area contributed by atoms with Gasteiger partial charge >= 0.3 is 11.9 Å². The van der Waals surface area contributed by atoms with Crippen molar-refractivity contribution in [2.45, 2.75) is 59.5 Å². The van der Waals surface area contributed by atoms with Gasteiger partial charge in [-0.05, 0) is 38.2 Å². The normalized spacial score (nSPS) is 12.9. The number of benzene rings is 1. The summed E-state index contributed by atoms with van der Waals surface area (Å²) < 4.78 is 21.3. The zero-order chi connectivity index (χ0) is 26.6. The number of thiazole rings is 1. The molecule has 0 spiro atoms. The van der Waals surface area contributed by atoms with Crippen LogP contribution in [-0.2, 0) is 27.3 Å². The number of nitrogens with zero attached hydrogens (tertiary/aromatic N) is 1. The SMILES string of the molecule is COC(=O)c1nc(NC(=O)CCC(C)=CCc2c(OC)c(C)c3c(c2OC)C(=O)OC3)sc1C(C)C. The summed E-state index contributed by atoms with van der Waals surface area (Å²) in [4.78, 5) is 41.9. The van der Waals surface area contributed by atoms with Gasteiger partial charge in [0.2, 0.25) is 5.91 Å². The number of carbonyl (C=O) groups is 3. The molecule has 0 unspecified atom stereocenters. The van der Waals surface area contributed by atoms with Gasteiger partial charge in [0.05, 0.1) is 21.3 Å². The Balaban J connectivity index is 1.70. The molecular weight excluding hydrogens is 484 g/mol. The van der Waals surface area contributed by atoms with E-state index in [1.54, 1.807) is 7.11 Å². The van der Waals surface area contributed by atoms with Crippen LogP contribution in [0.25, 0.3) is 0 Å². The molecule has 1 aromatic heterocycles. The van der Waals surface area contributed by atoms with E-state index in [1.165, 1.54) is 25.6 Å². The quantitative estimate of drug-likeness (QED) is 0.348. The molecule has 1 aromatic carbocycles. The predicted octanol–water partition coefficient (Wildman–Crippen LogP) is 4.96. The Kier molecular flexibility index (Phi) is 8.73. The number of aromatic nitrogens is 1. The summed E-state index contributed by atoms with van der Waals surface area (Å²) in [6, 6.07) is 0. The Morgan fingerprint density at radius 3 is 2.47 bits per heavy atom. The van der Waals surface area contributed by atoms with Crippen LogP contribution in [0.5, 0.6) is 11.5 Å². The van der Waals surface area contributed by atoms with Crippen molar-refractivity contribution in [1.29, 1.82) is 0 Å². The maximum Gasteiger partial charge on any atom is 0.357 e. The number of rotatable bonds is 10.